The zero-order valence-corrected chi connectivity index (χ0v) is 24.0. The van der Waals surface area contributed by atoms with Crippen LogP contribution in [0.2, 0.25) is 0 Å². The van der Waals surface area contributed by atoms with Crippen LogP contribution in [0.25, 0.3) is 5.76 Å². The summed E-state index contributed by atoms with van der Waals surface area (Å²) in [5, 5.41) is 20.2. The molecule has 1 amide bonds. The molecule has 1 fully saturated rings. The number of aryl methyl sites for hydroxylation is 1. The number of thioether (sulfide) groups is 1. The molecule has 1 N–H and O–H groups in total. The van der Waals surface area contributed by atoms with Crippen LogP contribution < -0.4 is 9.64 Å². The maximum Gasteiger partial charge on any atom is 0.301 e. The summed E-state index contributed by atoms with van der Waals surface area (Å²) in [4.78, 5) is 32.4. The Morgan fingerprint density at radius 2 is 1.67 bits per heavy atom. The van der Waals surface area contributed by atoms with Crippen LogP contribution in [0.3, 0.4) is 0 Å². The van der Waals surface area contributed by atoms with Gasteiger partial charge in [-0.05, 0) is 54.4 Å². The second kappa shape index (κ2) is 12.0. The highest BCUT2D eigenvalue weighted by Crippen LogP contribution is 2.44. The highest BCUT2D eigenvalue weighted by atomic mass is 32.2. The van der Waals surface area contributed by atoms with Crippen LogP contribution in [0.5, 0.6) is 11.5 Å². The third kappa shape index (κ3) is 5.67. The van der Waals surface area contributed by atoms with Gasteiger partial charge in [0.2, 0.25) is 5.13 Å². The number of para-hydroxylation sites is 1. The van der Waals surface area contributed by atoms with Crippen molar-refractivity contribution in [1.29, 1.82) is 0 Å². The average Bonchev–Trinajstić information content (AvgIpc) is 3.59. The van der Waals surface area contributed by atoms with E-state index in [2.05, 4.69) is 39.4 Å². The molecule has 42 heavy (non-hydrogen) atoms. The van der Waals surface area contributed by atoms with E-state index in [9.17, 15) is 14.7 Å². The van der Waals surface area contributed by atoms with Gasteiger partial charge in [-0.1, -0.05) is 83.3 Å². The monoisotopic (exact) mass is 592 g/mol. The van der Waals surface area contributed by atoms with Gasteiger partial charge in [-0.3, -0.25) is 19.5 Å². The van der Waals surface area contributed by atoms with Gasteiger partial charge in [0.15, 0.2) is 4.34 Å². The van der Waals surface area contributed by atoms with Crippen molar-refractivity contribution in [2.75, 3.05) is 4.90 Å². The molecule has 3 heterocycles. The van der Waals surface area contributed by atoms with Crippen molar-refractivity contribution >= 4 is 45.7 Å². The zero-order chi connectivity index (χ0) is 29.1. The van der Waals surface area contributed by atoms with Gasteiger partial charge < -0.3 is 9.84 Å². The molecule has 6 rings (SSSR count). The third-order valence-corrected chi connectivity index (χ3v) is 8.76. The number of ether oxygens (including phenoxy) is 1. The Hall–Kier alpha value is -4.80. The summed E-state index contributed by atoms with van der Waals surface area (Å²) in [7, 11) is 0. The van der Waals surface area contributed by atoms with E-state index in [1.807, 2.05) is 37.3 Å². The maximum absolute atomic E-state index is 13.6. The number of carbonyl (C=O) groups excluding carboxylic acids is 2. The van der Waals surface area contributed by atoms with E-state index in [4.69, 9.17) is 4.74 Å². The Labute approximate surface area is 250 Å². The van der Waals surface area contributed by atoms with E-state index in [-0.39, 0.29) is 16.5 Å². The van der Waals surface area contributed by atoms with Gasteiger partial charge in [0.1, 0.15) is 17.3 Å². The first kappa shape index (κ1) is 27.4. The molecule has 0 bridgehead atoms. The number of carbonyl (C=O) groups is 2. The fraction of sp³-hybridized carbons (Fsp3) is 0.0938. The molecule has 1 saturated heterocycles. The number of anilines is 1. The van der Waals surface area contributed by atoms with E-state index in [0.29, 0.717) is 32.7 Å². The highest BCUT2D eigenvalue weighted by molar-refractivity contribution is 8.00. The second-order valence-corrected chi connectivity index (χ2v) is 11.7. The van der Waals surface area contributed by atoms with Gasteiger partial charge in [-0.15, -0.1) is 10.2 Å². The van der Waals surface area contributed by atoms with Crippen molar-refractivity contribution in [2.24, 2.45) is 0 Å². The highest BCUT2D eigenvalue weighted by Gasteiger charge is 2.48. The number of benzene rings is 3. The Morgan fingerprint density at radius 3 is 2.43 bits per heavy atom. The minimum Gasteiger partial charge on any atom is -0.507 e. The van der Waals surface area contributed by atoms with Crippen molar-refractivity contribution in [3.63, 3.8) is 0 Å². The van der Waals surface area contributed by atoms with Gasteiger partial charge >= 0.3 is 5.91 Å². The van der Waals surface area contributed by atoms with E-state index >= 15 is 0 Å². The normalized spacial score (nSPS) is 16.1. The van der Waals surface area contributed by atoms with Gasteiger partial charge in [-0.2, -0.15) is 0 Å². The van der Waals surface area contributed by atoms with E-state index < -0.39 is 17.7 Å². The molecule has 1 atom stereocenters. The van der Waals surface area contributed by atoms with Crippen LogP contribution in [-0.4, -0.2) is 32.0 Å². The lowest BCUT2D eigenvalue weighted by atomic mass is 9.95. The topological polar surface area (TPSA) is 106 Å². The number of nitrogens with zero attached hydrogens (tertiary/aromatic N) is 4. The molecule has 0 aliphatic carbocycles. The quantitative estimate of drug-likeness (QED) is 0.0678. The number of hydrogen-bond acceptors (Lipinski definition) is 9. The molecule has 2 aromatic heterocycles. The Bertz CT molecular complexity index is 1770. The van der Waals surface area contributed by atoms with Crippen LogP contribution in [-0.2, 0) is 15.3 Å². The van der Waals surface area contributed by atoms with E-state index in [0.717, 1.165) is 5.56 Å². The van der Waals surface area contributed by atoms with Crippen molar-refractivity contribution in [3.8, 4) is 11.5 Å². The lowest BCUT2D eigenvalue weighted by Crippen LogP contribution is -2.29. The first-order chi connectivity index (χ1) is 20.5. The Kier molecular flexibility index (Phi) is 7.81. The van der Waals surface area contributed by atoms with Gasteiger partial charge in [-0.25, -0.2) is 0 Å². The zero-order valence-electron chi connectivity index (χ0n) is 22.4. The SMILES string of the molecule is Cc1ccc(CSc2nnc(N3C(=O)C(=O)C(=C(O)c4ccncc4)C3c3cccc(Oc4ccccc4)c3)s2)cc1. The molecule has 3 aromatic carbocycles. The molecular formula is C32H24N4O4S2. The number of aromatic nitrogens is 3. The third-order valence-electron chi connectivity index (χ3n) is 6.64. The van der Waals surface area contributed by atoms with Crippen LogP contribution >= 0.6 is 23.1 Å². The number of hydrogen-bond donors (Lipinski definition) is 1. The molecule has 0 radical (unpaired) electrons. The second-order valence-electron chi connectivity index (χ2n) is 9.52. The summed E-state index contributed by atoms with van der Waals surface area (Å²) in [6, 6.07) is 26.8. The predicted molar refractivity (Wildman–Crippen MR) is 163 cm³/mol. The van der Waals surface area contributed by atoms with Crippen molar-refractivity contribution in [3.05, 3.63) is 131 Å². The number of Topliss-reactive ketones (excluding diaryl/α,β-unsaturated/α-hetero) is 1. The number of aliphatic hydroxyl groups is 1. The molecule has 0 saturated carbocycles. The molecule has 208 valence electrons. The van der Waals surface area contributed by atoms with E-state index in [1.165, 1.54) is 46.0 Å². The first-order valence-corrected chi connectivity index (χ1v) is 14.8. The summed E-state index contributed by atoms with van der Waals surface area (Å²) >= 11 is 2.72. The van der Waals surface area contributed by atoms with Crippen LogP contribution in [0, 0.1) is 6.92 Å². The molecule has 10 heteroatoms. The summed E-state index contributed by atoms with van der Waals surface area (Å²) < 4.78 is 6.69. The summed E-state index contributed by atoms with van der Waals surface area (Å²) in [5.41, 5.74) is 3.21. The number of pyridine rings is 1. The summed E-state index contributed by atoms with van der Waals surface area (Å²) in [6.45, 7) is 2.04. The Balaban J connectivity index is 1.38. The molecule has 8 nitrogen and oxygen atoms in total. The number of aliphatic hydroxyl groups excluding tert-OH is 1. The largest absolute Gasteiger partial charge is 0.507 e. The van der Waals surface area contributed by atoms with Crippen LogP contribution in [0.15, 0.2) is 113 Å². The fourth-order valence-electron chi connectivity index (χ4n) is 4.57. The van der Waals surface area contributed by atoms with Crippen LogP contribution in [0.4, 0.5) is 5.13 Å². The molecule has 0 spiro atoms. The lowest BCUT2D eigenvalue weighted by molar-refractivity contribution is -0.132. The molecular weight excluding hydrogens is 569 g/mol. The van der Waals surface area contributed by atoms with E-state index in [1.54, 1.807) is 36.4 Å². The standard InChI is InChI=1S/C32H24N4O4S2/c1-20-10-12-21(13-11-20)19-41-32-35-34-31(42-32)36-27(23-6-5-9-25(18-23)40-24-7-3-2-4-8-24)26(29(38)30(36)39)28(37)22-14-16-33-17-15-22/h2-18,27,37H,19H2,1H3. The lowest BCUT2D eigenvalue weighted by Gasteiger charge is -2.23. The fourth-order valence-corrected chi connectivity index (χ4v) is 6.39. The van der Waals surface area contributed by atoms with Crippen molar-refractivity contribution in [2.45, 2.75) is 23.1 Å². The summed E-state index contributed by atoms with van der Waals surface area (Å²) in [5.74, 6) is -0.0716. The predicted octanol–water partition coefficient (Wildman–Crippen LogP) is 6.95. The van der Waals surface area contributed by atoms with Gasteiger partial charge in [0, 0.05) is 23.7 Å². The maximum atomic E-state index is 13.6. The van der Waals surface area contributed by atoms with Gasteiger partial charge in [0.25, 0.3) is 5.78 Å². The number of ketones is 1. The molecule has 1 aliphatic heterocycles. The minimum absolute atomic E-state index is 0.0490. The molecule has 5 aromatic rings. The smallest absolute Gasteiger partial charge is 0.301 e. The average molecular weight is 593 g/mol. The molecule has 1 unspecified atom stereocenters. The Morgan fingerprint density at radius 1 is 0.929 bits per heavy atom. The van der Waals surface area contributed by atoms with Crippen molar-refractivity contribution in [1.82, 2.24) is 15.2 Å². The van der Waals surface area contributed by atoms with Crippen molar-refractivity contribution < 1.29 is 19.4 Å². The minimum atomic E-state index is -0.958. The molecule has 1 aliphatic rings. The number of amides is 1. The number of rotatable bonds is 8. The van der Waals surface area contributed by atoms with Crippen LogP contribution in [0.1, 0.15) is 28.3 Å². The van der Waals surface area contributed by atoms with Gasteiger partial charge in [0.05, 0.1) is 11.6 Å². The first-order valence-electron chi connectivity index (χ1n) is 13.0. The summed E-state index contributed by atoms with van der Waals surface area (Å²) in [6.07, 6.45) is 3.02.